The summed E-state index contributed by atoms with van der Waals surface area (Å²) in [5.41, 5.74) is -3.13. The summed E-state index contributed by atoms with van der Waals surface area (Å²) in [4.78, 5) is 27.3. The van der Waals surface area contributed by atoms with Gasteiger partial charge >= 0.3 is 18.1 Å². The summed E-state index contributed by atoms with van der Waals surface area (Å²) in [6.07, 6.45) is -5.00. The van der Waals surface area contributed by atoms with Gasteiger partial charge in [-0.1, -0.05) is 0 Å². The molecule has 1 rings (SSSR count). The van der Waals surface area contributed by atoms with Crippen LogP contribution in [0.3, 0.4) is 0 Å². The summed E-state index contributed by atoms with van der Waals surface area (Å²) in [6.45, 7) is 2.68. The summed E-state index contributed by atoms with van der Waals surface area (Å²) in [5.74, 6) is -3.72. The Hall–Kier alpha value is -2.52. The molecule has 0 radical (unpaired) electrons. The van der Waals surface area contributed by atoms with E-state index in [0.717, 1.165) is 14.2 Å². The largest absolute Gasteiger partial charge is 0.495 e. The number of halogens is 3. The smallest absolute Gasteiger partial charge is 0.434 e. The Morgan fingerprint density at radius 2 is 1.46 bits per heavy atom. The van der Waals surface area contributed by atoms with Crippen molar-refractivity contribution in [1.82, 2.24) is 4.98 Å². The lowest BCUT2D eigenvalue weighted by Crippen LogP contribution is -2.22. The van der Waals surface area contributed by atoms with Crippen molar-refractivity contribution in [2.45, 2.75) is 20.0 Å². The van der Waals surface area contributed by atoms with Gasteiger partial charge in [-0.3, -0.25) is 0 Å². The zero-order valence-corrected chi connectivity index (χ0v) is 13.4. The fourth-order valence-corrected chi connectivity index (χ4v) is 1.88. The Morgan fingerprint density at radius 1 is 0.958 bits per heavy atom. The van der Waals surface area contributed by atoms with Crippen LogP contribution in [0, 0.1) is 0 Å². The van der Waals surface area contributed by atoms with Gasteiger partial charge in [0.15, 0.2) is 17.0 Å². The number of carbonyl (C=O) groups is 2. The number of methoxy groups -OCH3 is 2. The van der Waals surface area contributed by atoms with Gasteiger partial charge in [0.2, 0.25) is 5.88 Å². The number of aromatic nitrogens is 1. The van der Waals surface area contributed by atoms with Crippen molar-refractivity contribution in [1.29, 1.82) is 0 Å². The molecule has 0 unspecified atom stereocenters. The average Bonchev–Trinajstić information content (AvgIpc) is 2.52. The normalized spacial score (nSPS) is 11.0. The molecule has 1 aromatic heterocycles. The standard InChI is InChI=1S/C14H16F3NO6/c1-5-23-12(19)7-9(21-3)8(13(20)24-6-2)11(22-4)18-10(7)14(15,16)17/h5-6H2,1-4H3. The predicted octanol–water partition coefficient (Wildman–Crippen LogP) is 2.47. The fraction of sp³-hybridized carbons (Fsp3) is 0.500. The molecule has 0 bridgehead atoms. The first-order valence-electron chi connectivity index (χ1n) is 6.80. The van der Waals surface area contributed by atoms with Crippen molar-refractivity contribution in [3.05, 3.63) is 16.8 Å². The quantitative estimate of drug-likeness (QED) is 0.728. The van der Waals surface area contributed by atoms with Crippen LogP contribution in [0.1, 0.15) is 40.3 Å². The lowest BCUT2D eigenvalue weighted by molar-refractivity contribution is -0.142. The Balaban J connectivity index is 3.83. The Labute approximate surface area is 135 Å². The van der Waals surface area contributed by atoms with Crippen molar-refractivity contribution >= 4 is 11.9 Å². The van der Waals surface area contributed by atoms with E-state index >= 15 is 0 Å². The summed E-state index contributed by atoms with van der Waals surface area (Å²) in [6, 6.07) is 0. The van der Waals surface area contributed by atoms with E-state index < -0.39 is 46.6 Å². The Bertz CT molecular complexity index is 630. The molecule has 0 amide bonds. The van der Waals surface area contributed by atoms with Gasteiger partial charge < -0.3 is 18.9 Å². The lowest BCUT2D eigenvalue weighted by Gasteiger charge is -2.18. The van der Waals surface area contributed by atoms with Crippen LogP contribution >= 0.6 is 0 Å². The maximum atomic E-state index is 13.3. The molecule has 0 aliphatic heterocycles. The molecule has 10 heteroatoms. The highest BCUT2D eigenvalue weighted by Crippen LogP contribution is 2.40. The molecule has 0 spiro atoms. The van der Waals surface area contributed by atoms with Gasteiger partial charge in [-0.15, -0.1) is 0 Å². The number of pyridine rings is 1. The van der Waals surface area contributed by atoms with E-state index in [2.05, 4.69) is 9.72 Å². The van der Waals surface area contributed by atoms with Gasteiger partial charge in [-0.2, -0.15) is 13.2 Å². The molecule has 7 nitrogen and oxygen atoms in total. The molecule has 1 aromatic rings. The molecule has 0 N–H and O–H groups in total. The molecule has 134 valence electrons. The maximum absolute atomic E-state index is 13.3. The number of ether oxygens (including phenoxy) is 4. The Kier molecular flexibility index (Phi) is 6.38. The number of carbonyl (C=O) groups excluding carboxylic acids is 2. The third-order valence-electron chi connectivity index (χ3n) is 2.74. The lowest BCUT2D eigenvalue weighted by atomic mass is 10.1. The zero-order chi connectivity index (χ0) is 18.5. The first-order valence-corrected chi connectivity index (χ1v) is 6.80. The minimum Gasteiger partial charge on any atom is -0.495 e. The van der Waals surface area contributed by atoms with Crippen LogP contribution in [0.25, 0.3) is 0 Å². The molecule has 0 aliphatic rings. The number of nitrogens with zero attached hydrogens (tertiary/aromatic N) is 1. The van der Waals surface area contributed by atoms with Crippen molar-refractivity contribution in [2.75, 3.05) is 27.4 Å². The SMILES string of the molecule is CCOC(=O)c1c(OC)nc(C(F)(F)F)c(C(=O)OCC)c1OC. The number of esters is 2. The minimum atomic E-state index is -5.00. The second-order valence-electron chi connectivity index (χ2n) is 4.19. The number of alkyl halides is 3. The van der Waals surface area contributed by atoms with Crippen LogP contribution in [0.2, 0.25) is 0 Å². The molecule has 1 heterocycles. The highest BCUT2D eigenvalue weighted by molar-refractivity contribution is 6.02. The molecular weight excluding hydrogens is 335 g/mol. The second-order valence-corrected chi connectivity index (χ2v) is 4.19. The highest BCUT2D eigenvalue weighted by atomic mass is 19.4. The summed E-state index contributed by atoms with van der Waals surface area (Å²) in [7, 11) is 2.02. The fourth-order valence-electron chi connectivity index (χ4n) is 1.88. The van der Waals surface area contributed by atoms with Crippen LogP contribution in [0.4, 0.5) is 13.2 Å². The average molecular weight is 351 g/mol. The van der Waals surface area contributed by atoms with E-state index in [1.807, 2.05) is 0 Å². The van der Waals surface area contributed by atoms with Crippen LogP contribution in [0.15, 0.2) is 0 Å². The summed E-state index contributed by atoms with van der Waals surface area (Å²) >= 11 is 0. The van der Waals surface area contributed by atoms with Crippen molar-refractivity contribution < 1.29 is 41.7 Å². The van der Waals surface area contributed by atoms with Gasteiger partial charge in [0, 0.05) is 0 Å². The van der Waals surface area contributed by atoms with Gasteiger partial charge in [0.1, 0.15) is 5.56 Å². The Morgan fingerprint density at radius 3 is 1.83 bits per heavy atom. The van der Waals surface area contributed by atoms with E-state index in [1.54, 1.807) is 0 Å². The molecule has 24 heavy (non-hydrogen) atoms. The van der Waals surface area contributed by atoms with Crippen molar-refractivity contribution in [3.63, 3.8) is 0 Å². The van der Waals surface area contributed by atoms with E-state index in [-0.39, 0.29) is 13.2 Å². The summed E-state index contributed by atoms with van der Waals surface area (Å²) in [5, 5.41) is 0. The van der Waals surface area contributed by atoms with Crippen LogP contribution in [0.5, 0.6) is 11.6 Å². The number of hydrogen-bond donors (Lipinski definition) is 0. The van der Waals surface area contributed by atoms with E-state index in [1.165, 1.54) is 13.8 Å². The number of rotatable bonds is 6. The van der Waals surface area contributed by atoms with E-state index in [9.17, 15) is 22.8 Å². The molecule has 0 atom stereocenters. The molecule has 0 saturated heterocycles. The topological polar surface area (TPSA) is 84.0 Å². The second kappa shape index (κ2) is 7.84. The third-order valence-corrected chi connectivity index (χ3v) is 2.74. The third kappa shape index (κ3) is 3.87. The van der Waals surface area contributed by atoms with Gasteiger partial charge in [-0.05, 0) is 13.8 Å². The van der Waals surface area contributed by atoms with Crippen molar-refractivity contribution in [3.8, 4) is 11.6 Å². The summed E-state index contributed by atoms with van der Waals surface area (Å²) < 4.78 is 58.8. The maximum Gasteiger partial charge on any atom is 0.434 e. The first-order chi connectivity index (χ1) is 11.2. The first kappa shape index (κ1) is 19.5. The molecular formula is C14H16F3NO6. The van der Waals surface area contributed by atoms with Crippen molar-refractivity contribution in [2.24, 2.45) is 0 Å². The highest BCUT2D eigenvalue weighted by Gasteiger charge is 2.43. The molecule has 0 aromatic carbocycles. The molecule has 0 fully saturated rings. The van der Waals surface area contributed by atoms with Crippen LogP contribution in [-0.2, 0) is 15.7 Å². The monoisotopic (exact) mass is 351 g/mol. The van der Waals surface area contributed by atoms with Gasteiger partial charge in [-0.25, -0.2) is 14.6 Å². The molecule has 0 saturated carbocycles. The minimum absolute atomic E-state index is 0.0547. The number of hydrogen-bond acceptors (Lipinski definition) is 7. The van der Waals surface area contributed by atoms with Gasteiger partial charge in [0.25, 0.3) is 0 Å². The van der Waals surface area contributed by atoms with E-state index in [0.29, 0.717) is 0 Å². The van der Waals surface area contributed by atoms with E-state index in [4.69, 9.17) is 14.2 Å². The van der Waals surface area contributed by atoms with Crippen LogP contribution < -0.4 is 9.47 Å². The zero-order valence-electron chi connectivity index (χ0n) is 13.4. The predicted molar refractivity (Wildman–Crippen MR) is 74.3 cm³/mol. The van der Waals surface area contributed by atoms with Crippen LogP contribution in [-0.4, -0.2) is 44.4 Å². The molecule has 0 aliphatic carbocycles. The van der Waals surface area contributed by atoms with Gasteiger partial charge in [0.05, 0.1) is 27.4 Å².